The summed E-state index contributed by atoms with van der Waals surface area (Å²) in [6, 6.07) is 9.74. The van der Waals surface area contributed by atoms with Gasteiger partial charge in [0.05, 0.1) is 5.69 Å². The van der Waals surface area contributed by atoms with Crippen molar-refractivity contribution in [1.82, 2.24) is 4.98 Å². The number of carbonyl (C=O) groups is 2. The maximum absolute atomic E-state index is 12.7. The monoisotopic (exact) mass is 504 g/mol. The number of fused-ring (bicyclic) bond motifs is 1. The first-order chi connectivity index (χ1) is 14.5. The Bertz CT molecular complexity index is 1040. The molecule has 2 heterocycles. The quantitative estimate of drug-likeness (QED) is 0.412. The third-order valence-corrected chi connectivity index (χ3v) is 7.49. The second kappa shape index (κ2) is 9.41. The third-order valence-electron chi connectivity index (χ3n) is 4.98. The van der Waals surface area contributed by atoms with E-state index in [2.05, 4.69) is 26.2 Å². The molecule has 1 amide bonds. The van der Waals surface area contributed by atoms with E-state index in [1.807, 2.05) is 42.6 Å². The molecule has 0 fully saturated rings. The first-order valence-corrected chi connectivity index (χ1v) is 12.4. The van der Waals surface area contributed by atoms with Gasteiger partial charge >= 0.3 is 5.97 Å². The number of aryl methyl sites for hydroxylation is 2. The molecule has 3 aromatic rings. The Morgan fingerprint density at radius 1 is 1.23 bits per heavy atom. The van der Waals surface area contributed by atoms with Gasteiger partial charge < -0.3 is 4.74 Å². The number of hydrogen-bond acceptors (Lipinski definition) is 6. The SMILES string of the molecule is CCC(OC(=O)c1cc2c(s1)CCCC2)C(=O)Nc1nc(-c2ccc(Br)cc2)cs1. The van der Waals surface area contributed by atoms with Crippen LogP contribution < -0.4 is 5.32 Å². The van der Waals surface area contributed by atoms with Gasteiger partial charge in [0.1, 0.15) is 4.88 Å². The zero-order valence-corrected chi connectivity index (χ0v) is 19.7. The van der Waals surface area contributed by atoms with Crippen LogP contribution in [0.5, 0.6) is 0 Å². The summed E-state index contributed by atoms with van der Waals surface area (Å²) in [6.45, 7) is 1.83. The molecular formula is C22H21BrN2O3S2. The van der Waals surface area contributed by atoms with E-state index in [1.165, 1.54) is 33.1 Å². The average Bonchev–Trinajstić information content (AvgIpc) is 3.39. The fourth-order valence-electron chi connectivity index (χ4n) is 3.37. The Morgan fingerprint density at radius 2 is 2.00 bits per heavy atom. The van der Waals surface area contributed by atoms with Gasteiger partial charge in [-0.05, 0) is 55.9 Å². The van der Waals surface area contributed by atoms with Gasteiger partial charge in [-0.2, -0.15) is 0 Å². The molecule has 1 aliphatic rings. The topological polar surface area (TPSA) is 68.3 Å². The summed E-state index contributed by atoms with van der Waals surface area (Å²) >= 11 is 6.26. The molecule has 4 rings (SSSR count). The molecule has 2 aromatic heterocycles. The zero-order valence-electron chi connectivity index (χ0n) is 16.4. The number of anilines is 1. The highest BCUT2D eigenvalue weighted by molar-refractivity contribution is 9.10. The van der Waals surface area contributed by atoms with Gasteiger partial charge in [0.15, 0.2) is 11.2 Å². The first-order valence-electron chi connectivity index (χ1n) is 9.88. The van der Waals surface area contributed by atoms with E-state index in [0.29, 0.717) is 16.4 Å². The minimum absolute atomic E-state index is 0.358. The number of esters is 1. The molecule has 1 N–H and O–H groups in total. The molecule has 0 saturated carbocycles. The second-order valence-electron chi connectivity index (χ2n) is 7.10. The van der Waals surface area contributed by atoms with Crippen molar-refractivity contribution in [3.63, 3.8) is 0 Å². The molecule has 30 heavy (non-hydrogen) atoms. The van der Waals surface area contributed by atoms with Crippen molar-refractivity contribution in [2.24, 2.45) is 0 Å². The summed E-state index contributed by atoms with van der Waals surface area (Å²) in [6.07, 6.45) is 3.91. The number of carbonyl (C=O) groups excluding carboxylic acids is 2. The van der Waals surface area contributed by atoms with Gasteiger partial charge in [-0.3, -0.25) is 10.1 Å². The highest BCUT2D eigenvalue weighted by Crippen LogP contribution is 2.30. The van der Waals surface area contributed by atoms with E-state index in [4.69, 9.17) is 4.74 Å². The van der Waals surface area contributed by atoms with Crippen molar-refractivity contribution >= 4 is 55.6 Å². The van der Waals surface area contributed by atoms with Gasteiger partial charge in [-0.1, -0.05) is 35.0 Å². The van der Waals surface area contributed by atoms with Crippen LogP contribution in [-0.2, 0) is 22.4 Å². The number of nitrogens with zero attached hydrogens (tertiary/aromatic N) is 1. The van der Waals surface area contributed by atoms with Crippen molar-refractivity contribution in [3.05, 3.63) is 55.5 Å². The van der Waals surface area contributed by atoms with Crippen LogP contribution in [0.15, 0.2) is 40.2 Å². The Balaban J connectivity index is 1.40. The van der Waals surface area contributed by atoms with Crippen molar-refractivity contribution in [2.75, 3.05) is 5.32 Å². The summed E-state index contributed by atoms with van der Waals surface area (Å²) in [5.74, 6) is -0.782. The lowest BCUT2D eigenvalue weighted by atomic mass is 9.99. The third kappa shape index (κ3) is 4.82. The lowest BCUT2D eigenvalue weighted by Gasteiger charge is -2.14. The highest BCUT2D eigenvalue weighted by atomic mass is 79.9. The van der Waals surface area contributed by atoms with Crippen molar-refractivity contribution in [1.29, 1.82) is 0 Å². The summed E-state index contributed by atoms with van der Waals surface area (Å²) in [5.41, 5.74) is 3.01. The molecule has 0 saturated heterocycles. The predicted molar refractivity (Wildman–Crippen MR) is 124 cm³/mol. The maximum Gasteiger partial charge on any atom is 0.349 e. The number of ether oxygens (including phenoxy) is 1. The number of hydrogen-bond donors (Lipinski definition) is 1. The fraction of sp³-hybridized carbons (Fsp3) is 0.318. The van der Waals surface area contributed by atoms with E-state index in [-0.39, 0.29) is 5.91 Å². The lowest BCUT2D eigenvalue weighted by molar-refractivity contribution is -0.124. The summed E-state index contributed by atoms with van der Waals surface area (Å²) in [5, 5.41) is 5.16. The van der Waals surface area contributed by atoms with Gasteiger partial charge in [-0.15, -0.1) is 22.7 Å². The normalized spacial score (nSPS) is 14.1. The molecule has 0 aliphatic heterocycles. The van der Waals surface area contributed by atoms with Gasteiger partial charge in [0, 0.05) is 20.3 Å². The molecule has 1 aromatic carbocycles. The Morgan fingerprint density at radius 3 is 2.73 bits per heavy atom. The number of halogens is 1. The van der Waals surface area contributed by atoms with Crippen LogP contribution in [0.2, 0.25) is 0 Å². The molecule has 8 heteroatoms. The Hall–Kier alpha value is -2.03. The number of rotatable bonds is 6. The molecular weight excluding hydrogens is 484 g/mol. The number of aromatic nitrogens is 1. The number of thiophene rings is 1. The predicted octanol–water partition coefficient (Wildman–Crippen LogP) is 6.09. The minimum Gasteiger partial charge on any atom is -0.448 e. The molecule has 5 nitrogen and oxygen atoms in total. The van der Waals surface area contributed by atoms with Gasteiger partial charge in [0.25, 0.3) is 5.91 Å². The second-order valence-corrected chi connectivity index (χ2v) is 10.0. The van der Waals surface area contributed by atoms with Crippen LogP contribution in [-0.4, -0.2) is 23.0 Å². The molecule has 156 valence electrons. The zero-order chi connectivity index (χ0) is 21.1. The van der Waals surface area contributed by atoms with Crippen molar-refractivity contribution in [2.45, 2.75) is 45.1 Å². The number of nitrogens with one attached hydrogen (secondary N) is 1. The lowest BCUT2D eigenvalue weighted by Crippen LogP contribution is -2.31. The average molecular weight is 505 g/mol. The van der Waals surface area contributed by atoms with Crippen LogP contribution in [0.4, 0.5) is 5.13 Å². The Labute approximate surface area is 191 Å². The number of benzene rings is 1. The van der Waals surface area contributed by atoms with Gasteiger partial charge in [0.2, 0.25) is 0 Å². The van der Waals surface area contributed by atoms with Crippen LogP contribution in [0.1, 0.15) is 46.3 Å². The molecule has 0 spiro atoms. The summed E-state index contributed by atoms with van der Waals surface area (Å²) < 4.78 is 6.53. The minimum atomic E-state index is -0.850. The largest absolute Gasteiger partial charge is 0.448 e. The van der Waals surface area contributed by atoms with E-state index in [0.717, 1.165) is 41.4 Å². The smallest absolute Gasteiger partial charge is 0.349 e. The maximum atomic E-state index is 12.7. The van der Waals surface area contributed by atoms with Crippen LogP contribution >= 0.6 is 38.6 Å². The van der Waals surface area contributed by atoms with Crippen LogP contribution in [0.3, 0.4) is 0 Å². The molecule has 0 radical (unpaired) electrons. The van der Waals surface area contributed by atoms with E-state index in [1.54, 1.807) is 0 Å². The van der Waals surface area contributed by atoms with Crippen LogP contribution in [0.25, 0.3) is 11.3 Å². The van der Waals surface area contributed by atoms with Crippen molar-refractivity contribution < 1.29 is 14.3 Å². The van der Waals surface area contributed by atoms with E-state index < -0.39 is 12.1 Å². The van der Waals surface area contributed by atoms with E-state index in [9.17, 15) is 9.59 Å². The van der Waals surface area contributed by atoms with Crippen molar-refractivity contribution in [3.8, 4) is 11.3 Å². The molecule has 1 unspecified atom stereocenters. The van der Waals surface area contributed by atoms with Crippen LogP contribution in [0, 0.1) is 0 Å². The summed E-state index contributed by atoms with van der Waals surface area (Å²) in [4.78, 5) is 31.6. The molecule has 1 aliphatic carbocycles. The van der Waals surface area contributed by atoms with Gasteiger partial charge in [-0.25, -0.2) is 9.78 Å². The standard InChI is InChI=1S/C22H21BrN2O3S2/c1-2-17(28-21(27)19-11-14-5-3-4-6-18(14)30-19)20(26)25-22-24-16(12-29-22)13-7-9-15(23)10-8-13/h7-12,17H,2-6H2,1H3,(H,24,25,26). The number of amides is 1. The first kappa shape index (κ1) is 21.2. The fourth-order valence-corrected chi connectivity index (χ4v) is 5.49. The highest BCUT2D eigenvalue weighted by Gasteiger charge is 2.25. The molecule has 0 bridgehead atoms. The molecule has 1 atom stereocenters. The number of thiazole rings is 1. The van der Waals surface area contributed by atoms with E-state index >= 15 is 0 Å². The summed E-state index contributed by atoms with van der Waals surface area (Å²) in [7, 11) is 0. The Kier molecular flexibility index (Phi) is 6.65.